The molecule has 0 bridgehead atoms. The summed E-state index contributed by atoms with van der Waals surface area (Å²) in [5.74, 6) is 1.57. The highest BCUT2D eigenvalue weighted by Gasteiger charge is 2.38. The van der Waals surface area contributed by atoms with Gasteiger partial charge in [0.1, 0.15) is 5.75 Å². The third-order valence-corrected chi connectivity index (χ3v) is 4.99. The average molecular weight is 221 g/mol. The van der Waals surface area contributed by atoms with Gasteiger partial charge in [0, 0.05) is 23.3 Å². The Morgan fingerprint density at radius 3 is 2.93 bits per heavy atom. The quantitative estimate of drug-likeness (QED) is 0.706. The summed E-state index contributed by atoms with van der Waals surface area (Å²) in [6.45, 7) is 1.07. The predicted octanol–water partition coefficient (Wildman–Crippen LogP) is 3.08. The lowest BCUT2D eigenvalue weighted by Crippen LogP contribution is -2.37. The Hall–Kier alpha value is -0.830. The monoisotopic (exact) mass is 221 g/mol. The molecule has 0 atom stereocenters. The van der Waals surface area contributed by atoms with E-state index in [1.54, 1.807) is 6.07 Å². The normalized spacial score (nSPS) is 22.4. The first-order valence-corrected chi connectivity index (χ1v) is 6.46. The molecule has 1 aromatic rings. The lowest BCUT2D eigenvalue weighted by Gasteiger charge is -2.40. The summed E-state index contributed by atoms with van der Waals surface area (Å²) in [5, 5.41) is 12.9. The topological polar surface area (TPSA) is 32.3 Å². The van der Waals surface area contributed by atoms with Crippen LogP contribution >= 0.6 is 11.8 Å². The summed E-state index contributed by atoms with van der Waals surface area (Å²) >= 11 is 1.93. The molecule has 1 spiro atoms. The van der Waals surface area contributed by atoms with Crippen molar-refractivity contribution in [2.24, 2.45) is 5.41 Å². The third-order valence-electron chi connectivity index (χ3n) is 3.57. The zero-order valence-corrected chi connectivity index (χ0v) is 9.44. The smallest absolute Gasteiger partial charge is 0.117 e. The Labute approximate surface area is 94.1 Å². The van der Waals surface area contributed by atoms with Crippen LogP contribution in [-0.4, -0.2) is 17.4 Å². The SMILES string of the molecule is Oc1ccc2c(c1)NCC1(CCC1)CS2. The van der Waals surface area contributed by atoms with Crippen LogP contribution in [0.15, 0.2) is 23.1 Å². The van der Waals surface area contributed by atoms with Crippen LogP contribution in [-0.2, 0) is 0 Å². The van der Waals surface area contributed by atoms with E-state index in [1.165, 1.54) is 29.9 Å². The molecule has 3 rings (SSSR count). The van der Waals surface area contributed by atoms with E-state index in [2.05, 4.69) is 5.32 Å². The summed E-state index contributed by atoms with van der Waals surface area (Å²) < 4.78 is 0. The molecule has 1 aliphatic heterocycles. The van der Waals surface area contributed by atoms with E-state index < -0.39 is 0 Å². The highest BCUT2D eigenvalue weighted by atomic mass is 32.2. The maximum atomic E-state index is 9.43. The van der Waals surface area contributed by atoms with Gasteiger partial charge < -0.3 is 10.4 Å². The van der Waals surface area contributed by atoms with Crippen LogP contribution in [0.3, 0.4) is 0 Å². The molecule has 1 heterocycles. The molecule has 0 unspecified atom stereocenters. The number of nitrogens with one attached hydrogen (secondary N) is 1. The van der Waals surface area contributed by atoms with Gasteiger partial charge in [0.05, 0.1) is 5.69 Å². The number of phenols is 1. The van der Waals surface area contributed by atoms with Gasteiger partial charge in [0.2, 0.25) is 0 Å². The summed E-state index contributed by atoms with van der Waals surface area (Å²) in [6.07, 6.45) is 4.09. The minimum Gasteiger partial charge on any atom is -0.508 e. The van der Waals surface area contributed by atoms with Crippen molar-refractivity contribution in [3.05, 3.63) is 18.2 Å². The molecule has 3 heteroatoms. The van der Waals surface area contributed by atoms with Crippen molar-refractivity contribution in [1.82, 2.24) is 0 Å². The molecule has 1 aromatic carbocycles. The van der Waals surface area contributed by atoms with Crippen LogP contribution < -0.4 is 5.32 Å². The lowest BCUT2D eigenvalue weighted by atomic mass is 9.70. The molecular weight excluding hydrogens is 206 g/mol. The fourth-order valence-corrected chi connectivity index (χ4v) is 3.65. The molecule has 0 aromatic heterocycles. The van der Waals surface area contributed by atoms with Crippen LogP contribution in [0.1, 0.15) is 19.3 Å². The van der Waals surface area contributed by atoms with E-state index >= 15 is 0 Å². The van der Waals surface area contributed by atoms with Crippen molar-refractivity contribution >= 4 is 17.4 Å². The molecule has 1 aliphatic carbocycles. The Morgan fingerprint density at radius 1 is 1.33 bits per heavy atom. The fourth-order valence-electron chi connectivity index (χ4n) is 2.34. The first-order chi connectivity index (χ1) is 7.27. The molecule has 0 radical (unpaired) electrons. The number of fused-ring (bicyclic) bond motifs is 1. The largest absolute Gasteiger partial charge is 0.508 e. The number of aromatic hydroxyl groups is 1. The van der Waals surface area contributed by atoms with Crippen molar-refractivity contribution in [2.45, 2.75) is 24.2 Å². The molecule has 0 saturated heterocycles. The van der Waals surface area contributed by atoms with Crippen LogP contribution in [0.4, 0.5) is 5.69 Å². The Morgan fingerprint density at radius 2 is 2.20 bits per heavy atom. The second-order valence-corrected chi connectivity index (χ2v) is 5.69. The van der Waals surface area contributed by atoms with Gasteiger partial charge in [0.15, 0.2) is 0 Å². The molecule has 80 valence electrons. The molecular formula is C12H15NOS. The zero-order valence-electron chi connectivity index (χ0n) is 8.62. The number of hydrogen-bond acceptors (Lipinski definition) is 3. The van der Waals surface area contributed by atoms with Gasteiger partial charge >= 0.3 is 0 Å². The van der Waals surface area contributed by atoms with Crippen LogP contribution in [0.2, 0.25) is 0 Å². The zero-order chi connectivity index (χ0) is 10.3. The molecule has 1 fully saturated rings. The maximum absolute atomic E-state index is 9.43. The van der Waals surface area contributed by atoms with Gasteiger partial charge in [-0.25, -0.2) is 0 Å². The molecule has 15 heavy (non-hydrogen) atoms. The first kappa shape index (κ1) is 9.40. The van der Waals surface area contributed by atoms with Crippen LogP contribution in [0, 0.1) is 5.41 Å². The molecule has 0 amide bonds. The summed E-state index contributed by atoms with van der Waals surface area (Å²) in [6, 6.07) is 5.62. The van der Waals surface area contributed by atoms with E-state index in [0.29, 0.717) is 11.2 Å². The van der Waals surface area contributed by atoms with Crippen molar-refractivity contribution < 1.29 is 5.11 Å². The molecule has 2 nitrogen and oxygen atoms in total. The standard InChI is InChI=1S/C12H15NOS/c14-9-2-3-11-10(6-9)13-7-12(8-15-11)4-1-5-12/h2-3,6,13-14H,1,4-5,7-8H2. The highest BCUT2D eigenvalue weighted by Crippen LogP contribution is 2.48. The fraction of sp³-hybridized carbons (Fsp3) is 0.500. The van der Waals surface area contributed by atoms with Crippen molar-refractivity contribution in [2.75, 3.05) is 17.6 Å². The van der Waals surface area contributed by atoms with Gasteiger partial charge in [-0.15, -0.1) is 11.8 Å². The number of benzene rings is 1. The van der Waals surface area contributed by atoms with Crippen LogP contribution in [0.25, 0.3) is 0 Å². The Balaban J connectivity index is 1.88. The maximum Gasteiger partial charge on any atom is 0.117 e. The molecule has 2 N–H and O–H groups in total. The number of rotatable bonds is 0. The van der Waals surface area contributed by atoms with Gasteiger partial charge in [0.25, 0.3) is 0 Å². The number of hydrogen-bond donors (Lipinski definition) is 2. The summed E-state index contributed by atoms with van der Waals surface area (Å²) in [7, 11) is 0. The predicted molar refractivity (Wildman–Crippen MR) is 63.6 cm³/mol. The van der Waals surface area contributed by atoms with E-state index in [4.69, 9.17) is 0 Å². The first-order valence-electron chi connectivity index (χ1n) is 5.47. The Bertz CT molecular complexity index is 387. The van der Waals surface area contributed by atoms with Gasteiger partial charge in [-0.3, -0.25) is 0 Å². The molecule has 1 saturated carbocycles. The highest BCUT2D eigenvalue weighted by molar-refractivity contribution is 7.99. The molecule has 2 aliphatic rings. The van der Waals surface area contributed by atoms with Gasteiger partial charge in [-0.1, -0.05) is 6.42 Å². The van der Waals surface area contributed by atoms with E-state index in [1.807, 2.05) is 23.9 Å². The van der Waals surface area contributed by atoms with Crippen molar-refractivity contribution in [3.8, 4) is 5.75 Å². The second-order valence-electron chi connectivity index (χ2n) is 4.68. The van der Waals surface area contributed by atoms with Crippen molar-refractivity contribution in [1.29, 1.82) is 0 Å². The number of thioether (sulfide) groups is 1. The number of anilines is 1. The summed E-state index contributed by atoms with van der Waals surface area (Å²) in [5.41, 5.74) is 1.63. The van der Waals surface area contributed by atoms with E-state index in [-0.39, 0.29) is 0 Å². The van der Waals surface area contributed by atoms with Crippen LogP contribution in [0.5, 0.6) is 5.75 Å². The van der Waals surface area contributed by atoms with E-state index in [9.17, 15) is 5.11 Å². The van der Waals surface area contributed by atoms with Crippen molar-refractivity contribution in [3.63, 3.8) is 0 Å². The number of phenolic OH excluding ortho intramolecular Hbond substituents is 1. The Kier molecular flexibility index (Phi) is 2.09. The van der Waals surface area contributed by atoms with Gasteiger partial charge in [-0.05, 0) is 30.4 Å². The minimum atomic E-state index is 0.353. The van der Waals surface area contributed by atoms with Gasteiger partial charge in [-0.2, -0.15) is 0 Å². The second kappa shape index (κ2) is 3.34. The summed E-state index contributed by atoms with van der Waals surface area (Å²) in [4.78, 5) is 1.27. The minimum absolute atomic E-state index is 0.353. The lowest BCUT2D eigenvalue weighted by molar-refractivity contribution is 0.187. The average Bonchev–Trinajstić information content (AvgIpc) is 2.36. The van der Waals surface area contributed by atoms with E-state index in [0.717, 1.165) is 12.2 Å². The third kappa shape index (κ3) is 1.59.